The Balaban J connectivity index is 2.15. The number of hydrogen-bond acceptors (Lipinski definition) is 3. The smallest absolute Gasteiger partial charge is 0.161 e. The van der Waals surface area contributed by atoms with Crippen LogP contribution in [0.15, 0.2) is 18.5 Å². The predicted molar refractivity (Wildman–Crippen MR) is 66.7 cm³/mol. The van der Waals surface area contributed by atoms with Gasteiger partial charge >= 0.3 is 0 Å². The van der Waals surface area contributed by atoms with Crippen LogP contribution in [0.25, 0.3) is 11.0 Å². The van der Waals surface area contributed by atoms with Crippen LogP contribution in [0.4, 0.5) is 8.78 Å². The van der Waals surface area contributed by atoms with Gasteiger partial charge in [0.1, 0.15) is 0 Å². The normalized spacial score (nSPS) is 13.4. The summed E-state index contributed by atoms with van der Waals surface area (Å²) < 4.78 is 33.1. The van der Waals surface area contributed by atoms with Crippen LogP contribution in [-0.4, -0.2) is 33.5 Å². The Bertz CT molecular complexity index is 569. The molecule has 0 spiro atoms. The summed E-state index contributed by atoms with van der Waals surface area (Å²) >= 11 is 0. The van der Waals surface area contributed by atoms with Crippen molar-refractivity contribution in [2.75, 3.05) is 6.61 Å². The fourth-order valence-corrected chi connectivity index (χ4v) is 1.78. The van der Waals surface area contributed by atoms with E-state index >= 15 is 0 Å². The van der Waals surface area contributed by atoms with Gasteiger partial charge in [0.25, 0.3) is 0 Å². The Morgan fingerprint density at radius 3 is 2.68 bits per heavy atom. The summed E-state index contributed by atoms with van der Waals surface area (Å²) in [5.74, 6) is -1.86. The van der Waals surface area contributed by atoms with Crippen LogP contribution >= 0.6 is 0 Å². The standard InChI is InChI=1S/C13H16F2N2O2/c1-8(2)19-6-9(18)5-17-7-16-12-3-10(14)11(15)4-13(12)17/h3-4,7-9,18H,5-6H2,1-2H3. The highest BCUT2D eigenvalue weighted by molar-refractivity contribution is 5.75. The molecule has 0 aliphatic rings. The van der Waals surface area contributed by atoms with Gasteiger partial charge in [-0.3, -0.25) is 0 Å². The summed E-state index contributed by atoms with van der Waals surface area (Å²) in [6.45, 7) is 4.14. The molecule has 0 saturated carbocycles. The number of aliphatic hydroxyl groups is 1. The summed E-state index contributed by atoms with van der Waals surface area (Å²) in [6, 6.07) is 2.12. The molecular weight excluding hydrogens is 254 g/mol. The first-order valence-corrected chi connectivity index (χ1v) is 6.07. The molecule has 1 heterocycles. The SMILES string of the molecule is CC(C)OCC(O)Cn1cnc2cc(F)c(F)cc21. The number of rotatable bonds is 5. The molecule has 4 nitrogen and oxygen atoms in total. The lowest BCUT2D eigenvalue weighted by Crippen LogP contribution is -2.23. The molecule has 2 rings (SSSR count). The van der Waals surface area contributed by atoms with Gasteiger partial charge in [-0.1, -0.05) is 0 Å². The van der Waals surface area contributed by atoms with Crippen LogP contribution in [0.1, 0.15) is 13.8 Å². The van der Waals surface area contributed by atoms with Gasteiger partial charge in [-0.2, -0.15) is 0 Å². The molecule has 0 amide bonds. The van der Waals surface area contributed by atoms with E-state index in [-0.39, 0.29) is 19.3 Å². The monoisotopic (exact) mass is 270 g/mol. The average Bonchev–Trinajstić information content (AvgIpc) is 2.70. The van der Waals surface area contributed by atoms with Crippen molar-refractivity contribution in [2.45, 2.75) is 32.6 Å². The molecule has 1 atom stereocenters. The second kappa shape index (κ2) is 5.63. The van der Waals surface area contributed by atoms with Gasteiger partial charge < -0.3 is 14.4 Å². The highest BCUT2D eigenvalue weighted by Crippen LogP contribution is 2.17. The van der Waals surface area contributed by atoms with E-state index in [1.807, 2.05) is 13.8 Å². The number of aromatic nitrogens is 2. The maximum atomic E-state index is 13.2. The Morgan fingerprint density at radius 1 is 1.32 bits per heavy atom. The van der Waals surface area contributed by atoms with Crippen molar-refractivity contribution < 1.29 is 18.6 Å². The molecule has 0 aliphatic carbocycles. The van der Waals surface area contributed by atoms with E-state index in [4.69, 9.17) is 4.74 Å². The maximum Gasteiger partial charge on any atom is 0.161 e. The minimum atomic E-state index is -0.929. The van der Waals surface area contributed by atoms with Crippen molar-refractivity contribution in [2.24, 2.45) is 0 Å². The van der Waals surface area contributed by atoms with Gasteiger partial charge in [-0.15, -0.1) is 0 Å². The zero-order chi connectivity index (χ0) is 14.0. The Morgan fingerprint density at radius 2 is 2.00 bits per heavy atom. The summed E-state index contributed by atoms with van der Waals surface area (Å²) in [5, 5.41) is 9.81. The fourth-order valence-electron chi connectivity index (χ4n) is 1.78. The zero-order valence-electron chi connectivity index (χ0n) is 10.8. The van der Waals surface area contributed by atoms with Crippen LogP contribution in [0.2, 0.25) is 0 Å². The summed E-state index contributed by atoms with van der Waals surface area (Å²) in [6.07, 6.45) is 0.746. The highest BCUT2D eigenvalue weighted by Gasteiger charge is 2.12. The number of imidazole rings is 1. The Kier molecular flexibility index (Phi) is 4.11. The summed E-state index contributed by atoms with van der Waals surface area (Å²) in [7, 11) is 0. The number of aliphatic hydroxyl groups excluding tert-OH is 1. The Labute approximate surface area is 109 Å². The Hall–Kier alpha value is -1.53. The van der Waals surface area contributed by atoms with Gasteiger partial charge in [0.2, 0.25) is 0 Å². The molecule has 2 aromatic rings. The van der Waals surface area contributed by atoms with Gasteiger partial charge in [-0.05, 0) is 13.8 Å². The van der Waals surface area contributed by atoms with E-state index in [0.29, 0.717) is 11.0 Å². The molecule has 1 unspecified atom stereocenters. The zero-order valence-corrected chi connectivity index (χ0v) is 10.8. The third-order valence-electron chi connectivity index (χ3n) is 2.69. The van der Waals surface area contributed by atoms with Crippen molar-refractivity contribution in [3.8, 4) is 0 Å². The summed E-state index contributed by atoms with van der Waals surface area (Å²) in [4.78, 5) is 3.97. The van der Waals surface area contributed by atoms with E-state index in [0.717, 1.165) is 12.1 Å². The predicted octanol–water partition coefficient (Wildman–Crippen LogP) is 2.10. The largest absolute Gasteiger partial charge is 0.389 e. The fraction of sp³-hybridized carbons (Fsp3) is 0.462. The number of fused-ring (bicyclic) bond motifs is 1. The highest BCUT2D eigenvalue weighted by atomic mass is 19.2. The molecule has 0 radical (unpaired) electrons. The van der Waals surface area contributed by atoms with Crippen LogP contribution in [0.3, 0.4) is 0 Å². The minimum Gasteiger partial charge on any atom is -0.389 e. The van der Waals surface area contributed by atoms with E-state index in [9.17, 15) is 13.9 Å². The van der Waals surface area contributed by atoms with Crippen LogP contribution in [0, 0.1) is 11.6 Å². The number of hydrogen-bond donors (Lipinski definition) is 1. The first-order valence-electron chi connectivity index (χ1n) is 6.07. The quantitative estimate of drug-likeness (QED) is 0.905. The topological polar surface area (TPSA) is 47.3 Å². The lowest BCUT2D eigenvalue weighted by atomic mass is 10.3. The number of nitrogens with zero attached hydrogens (tertiary/aromatic N) is 2. The third-order valence-corrected chi connectivity index (χ3v) is 2.69. The second-order valence-corrected chi connectivity index (χ2v) is 4.69. The van der Waals surface area contributed by atoms with Crippen LogP contribution in [-0.2, 0) is 11.3 Å². The molecule has 0 aliphatic heterocycles. The van der Waals surface area contributed by atoms with Gasteiger partial charge in [0.15, 0.2) is 11.6 Å². The molecule has 1 aromatic carbocycles. The van der Waals surface area contributed by atoms with Crippen molar-refractivity contribution >= 4 is 11.0 Å². The lowest BCUT2D eigenvalue weighted by molar-refractivity contribution is -0.000294. The molecule has 0 fully saturated rings. The summed E-state index contributed by atoms with van der Waals surface area (Å²) in [5.41, 5.74) is 0.804. The van der Waals surface area contributed by atoms with Crippen LogP contribution < -0.4 is 0 Å². The van der Waals surface area contributed by atoms with Gasteiger partial charge in [0, 0.05) is 12.1 Å². The molecule has 1 aromatic heterocycles. The molecule has 1 N–H and O–H groups in total. The van der Waals surface area contributed by atoms with Crippen molar-refractivity contribution in [1.29, 1.82) is 0 Å². The first kappa shape index (κ1) is 13.9. The molecule has 19 heavy (non-hydrogen) atoms. The van der Waals surface area contributed by atoms with Crippen molar-refractivity contribution in [1.82, 2.24) is 9.55 Å². The number of benzene rings is 1. The molecular formula is C13H16F2N2O2. The van der Waals surface area contributed by atoms with Gasteiger partial charge in [-0.25, -0.2) is 13.8 Å². The molecule has 0 bridgehead atoms. The van der Waals surface area contributed by atoms with E-state index in [1.165, 1.54) is 6.33 Å². The second-order valence-electron chi connectivity index (χ2n) is 4.69. The van der Waals surface area contributed by atoms with E-state index < -0.39 is 17.7 Å². The number of ether oxygens (including phenoxy) is 1. The van der Waals surface area contributed by atoms with Crippen LogP contribution in [0.5, 0.6) is 0 Å². The molecule has 6 heteroatoms. The van der Waals surface area contributed by atoms with Crippen molar-refractivity contribution in [3.05, 3.63) is 30.1 Å². The molecule has 104 valence electrons. The maximum absolute atomic E-state index is 13.2. The van der Waals surface area contributed by atoms with Gasteiger partial charge in [0.05, 0.1) is 42.7 Å². The van der Waals surface area contributed by atoms with Crippen molar-refractivity contribution in [3.63, 3.8) is 0 Å². The molecule has 0 saturated heterocycles. The first-order chi connectivity index (χ1) is 8.97. The van der Waals surface area contributed by atoms with E-state index in [1.54, 1.807) is 4.57 Å². The number of halogens is 2. The lowest BCUT2D eigenvalue weighted by Gasteiger charge is -2.14. The minimum absolute atomic E-state index is 0.0284. The average molecular weight is 270 g/mol. The third kappa shape index (κ3) is 3.27. The van der Waals surface area contributed by atoms with E-state index in [2.05, 4.69) is 4.98 Å².